The first-order chi connectivity index (χ1) is 17.9. The lowest BCUT2D eigenvalue weighted by atomic mass is 10.0. The normalized spacial score (nSPS) is 20.5. The summed E-state index contributed by atoms with van der Waals surface area (Å²) in [6.07, 6.45) is 0. The Morgan fingerprint density at radius 2 is 1.92 bits per heavy atom. The van der Waals surface area contributed by atoms with Crippen LogP contribution in [0.2, 0.25) is 5.02 Å². The fraction of sp³-hybridized carbons (Fsp3) is 0.407. The molecule has 1 unspecified atom stereocenters. The Morgan fingerprint density at radius 3 is 2.73 bits per heavy atom. The van der Waals surface area contributed by atoms with Crippen LogP contribution >= 0.6 is 11.6 Å². The number of halogens is 1. The number of carbonyl (C=O) groups is 2. The molecule has 9 nitrogen and oxygen atoms in total. The van der Waals surface area contributed by atoms with Crippen molar-refractivity contribution in [2.75, 3.05) is 31.5 Å². The van der Waals surface area contributed by atoms with Gasteiger partial charge in [-0.3, -0.25) is 9.69 Å². The third-order valence-electron chi connectivity index (χ3n) is 7.03. The number of benzene rings is 2. The number of nitrogens with one attached hydrogen (secondary N) is 3. The Kier molecular flexibility index (Phi) is 7.43. The number of carbonyl (C=O) groups excluding carboxylic acids is 2. The first-order valence-corrected chi connectivity index (χ1v) is 13.1. The molecule has 3 amide bonds. The van der Waals surface area contributed by atoms with Crippen molar-refractivity contribution in [2.24, 2.45) is 5.92 Å². The Bertz CT molecular complexity index is 1300. The Labute approximate surface area is 221 Å². The number of amides is 3. The van der Waals surface area contributed by atoms with Crippen LogP contribution in [-0.4, -0.2) is 70.0 Å². The van der Waals surface area contributed by atoms with Crippen molar-refractivity contribution in [3.63, 3.8) is 0 Å². The topological polar surface area (TPSA) is 102 Å². The van der Waals surface area contributed by atoms with Crippen molar-refractivity contribution < 1.29 is 9.59 Å². The van der Waals surface area contributed by atoms with Gasteiger partial charge in [-0.2, -0.15) is 0 Å². The highest BCUT2D eigenvalue weighted by atomic mass is 35.5. The molecule has 3 heterocycles. The molecule has 10 heteroatoms. The number of urea groups is 1. The van der Waals surface area contributed by atoms with Crippen LogP contribution in [0.3, 0.4) is 0 Å². The molecule has 2 aliphatic rings. The summed E-state index contributed by atoms with van der Waals surface area (Å²) in [7, 11) is 0. The molecule has 194 valence electrons. The van der Waals surface area contributed by atoms with Crippen molar-refractivity contribution >= 4 is 40.3 Å². The maximum atomic E-state index is 13.3. The minimum atomic E-state index is -0.448. The minimum Gasteiger partial charge on any atom is -0.358 e. The summed E-state index contributed by atoms with van der Waals surface area (Å²) in [6, 6.07) is 14.6. The molecule has 3 N–H and O–H groups in total. The zero-order chi connectivity index (χ0) is 25.9. The maximum absolute atomic E-state index is 13.3. The van der Waals surface area contributed by atoms with Gasteiger partial charge in [0.15, 0.2) is 0 Å². The number of piperazine rings is 1. The predicted octanol–water partition coefficient (Wildman–Crippen LogP) is 3.25. The summed E-state index contributed by atoms with van der Waals surface area (Å²) in [5, 5.41) is 11.0. The monoisotopic (exact) mass is 521 g/mol. The SMILES string of the molecule is CC(C)[C@@H]1Nc2nc(nc3ccccc23)CN2CCN(C(=O)NCc3ccccc3Cl)CC2CNC1=O. The van der Waals surface area contributed by atoms with Crippen LogP contribution < -0.4 is 16.0 Å². The standard InChI is InChI=1S/C27H32ClN7O2/c1-17(2)24-26(36)29-14-19-15-35(27(37)30-13-18-7-3-5-9-21(18)28)12-11-34(19)16-23-31-22-10-6-4-8-20(22)25(32-23)33-24/h3-10,17,19,24H,11-16H2,1-2H3,(H,29,36)(H,30,37)(H,31,32,33)/t19?,24-/m0/s1. The molecular weight excluding hydrogens is 490 g/mol. The summed E-state index contributed by atoms with van der Waals surface area (Å²) >= 11 is 6.24. The van der Waals surface area contributed by atoms with Crippen molar-refractivity contribution in [2.45, 2.75) is 39.0 Å². The van der Waals surface area contributed by atoms with Gasteiger partial charge in [0.05, 0.1) is 12.1 Å². The van der Waals surface area contributed by atoms with Gasteiger partial charge in [0, 0.05) is 49.2 Å². The molecule has 2 bridgehead atoms. The molecule has 1 aromatic heterocycles. The third-order valence-corrected chi connectivity index (χ3v) is 7.40. The number of fused-ring (bicyclic) bond motifs is 5. The highest BCUT2D eigenvalue weighted by Gasteiger charge is 2.33. The van der Waals surface area contributed by atoms with E-state index in [0.717, 1.165) is 16.5 Å². The molecule has 2 aromatic carbocycles. The molecule has 0 radical (unpaired) electrons. The van der Waals surface area contributed by atoms with Gasteiger partial charge in [0.1, 0.15) is 17.7 Å². The molecule has 2 aliphatic heterocycles. The Balaban J connectivity index is 1.37. The zero-order valence-electron chi connectivity index (χ0n) is 21.1. The molecule has 2 atom stereocenters. The molecule has 0 spiro atoms. The van der Waals surface area contributed by atoms with Crippen LogP contribution in [0.15, 0.2) is 48.5 Å². The number of rotatable bonds is 3. The molecule has 1 saturated heterocycles. The van der Waals surface area contributed by atoms with E-state index in [1.165, 1.54) is 0 Å². The summed E-state index contributed by atoms with van der Waals surface area (Å²) in [5.74, 6) is 1.33. The highest BCUT2D eigenvalue weighted by Crippen LogP contribution is 2.24. The van der Waals surface area contributed by atoms with E-state index in [-0.39, 0.29) is 23.9 Å². The van der Waals surface area contributed by atoms with E-state index < -0.39 is 6.04 Å². The molecule has 3 aromatic rings. The van der Waals surface area contributed by atoms with Crippen LogP contribution in [0.4, 0.5) is 10.6 Å². The lowest BCUT2D eigenvalue weighted by Gasteiger charge is -2.41. The van der Waals surface area contributed by atoms with E-state index in [1.54, 1.807) is 4.90 Å². The average Bonchev–Trinajstić information content (AvgIpc) is 2.91. The first kappa shape index (κ1) is 25.2. The lowest BCUT2D eigenvalue weighted by Crippen LogP contribution is -2.59. The number of anilines is 1. The smallest absolute Gasteiger partial charge is 0.317 e. The van der Waals surface area contributed by atoms with E-state index in [4.69, 9.17) is 21.6 Å². The summed E-state index contributed by atoms with van der Waals surface area (Å²) in [5.41, 5.74) is 1.71. The summed E-state index contributed by atoms with van der Waals surface area (Å²) < 4.78 is 0. The minimum absolute atomic E-state index is 0.0486. The number of hydrogen-bond donors (Lipinski definition) is 3. The molecule has 1 fully saturated rings. The fourth-order valence-electron chi connectivity index (χ4n) is 4.90. The van der Waals surface area contributed by atoms with Gasteiger partial charge in [-0.1, -0.05) is 55.8 Å². The molecule has 37 heavy (non-hydrogen) atoms. The summed E-state index contributed by atoms with van der Waals surface area (Å²) in [4.78, 5) is 40.0. The van der Waals surface area contributed by atoms with Gasteiger partial charge < -0.3 is 20.9 Å². The first-order valence-electron chi connectivity index (χ1n) is 12.7. The molecular formula is C27H32ClN7O2. The van der Waals surface area contributed by atoms with Crippen LogP contribution in [0.25, 0.3) is 10.9 Å². The van der Waals surface area contributed by atoms with Crippen LogP contribution in [0.1, 0.15) is 25.2 Å². The van der Waals surface area contributed by atoms with Crippen molar-refractivity contribution in [1.29, 1.82) is 0 Å². The molecule has 5 rings (SSSR count). The van der Waals surface area contributed by atoms with E-state index >= 15 is 0 Å². The summed E-state index contributed by atoms with van der Waals surface area (Å²) in [6.45, 7) is 7.02. The number of para-hydroxylation sites is 1. The Morgan fingerprint density at radius 1 is 1.14 bits per heavy atom. The zero-order valence-corrected chi connectivity index (χ0v) is 21.8. The fourth-order valence-corrected chi connectivity index (χ4v) is 5.10. The van der Waals surface area contributed by atoms with Crippen molar-refractivity contribution in [3.05, 3.63) is 64.9 Å². The second-order valence-electron chi connectivity index (χ2n) is 9.94. The van der Waals surface area contributed by atoms with Gasteiger partial charge in [-0.15, -0.1) is 0 Å². The largest absolute Gasteiger partial charge is 0.358 e. The van der Waals surface area contributed by atoms with Crippen LogP contribution in [0, 0.1) is 5.92 Å². The quantitative estimate of drug-likeness (QED) is 0.489. The van der Waals surface area contributed by atoms with E-state index in [1.807, 2.05) is 62.4 Å². The number of aromatic nitrogens is 2. The van der Waals surface area contributed by atoms with Crippen molar-refractivity contribution in [3.8, 4) is 0 Å². The second kappa shape index (κ2) is 10.9. The van der Waals surface area contributed by atoms with Gasteiger partial charge >= 0.3 is 6.03 Å². The third kappa shape index (κ3) is 5.62. The molecule has 0 saturated carbocycles. The van der Waals surface area contributed by atoms with Gasteiger partial charge in [0.25, 0.3) is 0 Å². The average molecular weight is 522 g/mol. The molecule has 0 aliphatic carbocycles. The number of nitrogens with zero attached hydrogens (tertiary/aromatic N) is 4. The second-order valence-corrected chi connectivity index (χ2v) is 10.3. The van der Waals surface area contributed by atoms with Gasteiger partial charge in [-0.05, 0) is 29.7 Å². The van der Waals surface area contributed by atoms with E-state index in [2.05, 4.69) is 20.9 Å². The highest BCUT2D eigenvalue weighted by molar-refractivity contribution is 6.31. The van der Waals surface area contributed by atoms with Crippen molar-refractivity contribution in [1.82, 2.24) is 30.4 Å². The lowest BCUT2D eigenvalue weighted by molar-refractivity contribution is -0.123. The Hall–Kier alpha value is -3.43. The van der Waals surface area contributed by atoms with E-state index in [9.17, 15) is 9.59 Å². The van der Waals surface area contributed by atoms with Gasteiger partial charge in [-0.25, -0.2) is 14.8 Å². The van der Waals surface area contributed by atoms with Crippen LogP contribution in [0.5, 0.6) is 0 Å². The van der Waals surface area contributed by atoms with Gasteiger partial charge in [0.2, 0.25) is 5.91 Å². The maximum Gasteiger partial charge on any atom is 0.317 e. The van der Waals surface area contributed by atoms with Crippen LogP contribution in [-0.2, 0) is 17.9 Å². The predicted molar refractivity (Wildman–Crippen MR) is 144 cm³/mol. The van der Waals surface area contributed by atoms with E-state index in [0.29, 0.717) is 55.9 Å². The number of hydrogen-bond acceptors (Lipinski definition) is 6.